The summed E-state index contributed by atoms with van der Waals surface area (Å²) in [5.74, 6) is -0.410. The summed E-state index contributed by atoms with van der Waals surface area (Å²) in [6.07, 6.45) is 0. The van der Waals surface area contributed by atoms with E-state index in [1.54, 1.807) is 0 Å². The van der Waals surface area contributed by atoms with Crippen molar-refractivity contribution in [1.82, 2.24) is 4.31 Å². The topological polar surface area (TPSA) is 92.5 Å². The SMILES string of the molecule is O=C1c2c(NCc3ccccc3)cc([N+](=O)[O-])cc2S(=O)N1Cc1ccccc1. The number of fused-ring (bicyclic) bond motifs is 1. The van der Waals surface area contributed by atoms with Gasteiger partial charge in [0.05, 0.1) is 27.6 Å². The van der Waals surface area contributed by atoms with Crippen LogP contribution >= 0.6 is 0 Å². The molecule has 1 aliphatic rings. The summed E-state index contributed by atoms with van der Waals surface area (Å²) in [6.45, 7) is 0.542. The van der Waals surface area contributed by atoms with E-state index < -0.39 is 21.8 Å². The summed E-state index contributed by atoms with van der Waals surface area (Å²) >= 11 is 0. The minimum atomic E-state index is -1.81. The van der Waals surface area contributed by atoms with E-state index in [4.69, 9.17) is 0 Å². The van der Waals surface area contributed by atoms with E-state index >= 15 is 0 Å². The van der Waals surface area contributed by atoms with Crippen LogP contribution in [0.1, 0.15) is 21.5 Å². The van der Waals surface area contributed by atoms with Crippen LogP contribution < -0.4 is 5.32 Å². The fourth-order valence-corrected chi connectivity index (χ4v) is 4.53. The number of nitrogens with zero attached hydrogens (tertiary/aromatic N) is 2. The minimum Gasteiger partial charge on any atom is -0.380 e. The molecule has 1 atom stereocenters. The Morgan fingerprint density at radius 1 is 0.966 bits per heavy atom. The van der Waals surface area contributed by atoms with Crippen LogP contribution in [0.25, 0.3) is 0 Å². The van der Waals surface area contributed by atoms with Crippen molar-refractivity contribution in [2.45, 2.75) is 18.0 Å². The quantitative estimate of drug-likeness (QED) is 0.494. The highest BCUT2D eigenvalue weighted by atomic mass is 32.2. The predicted molar refractivity (Wildman–Crippen MR) is 110 cm³/mol. The summed E-state index contributed by atoms with van der Waals surface area (Å²) < 4.78 is 14.2. The van der Waals surface area contributed by atoms with Gasteiger partial charge in [0.2, 0.25) is 0 Å². The molecule has 29 heavy (non-hydrogen) atoms. The zero-order valence-electron chi connectivity index (χ0n) is 15.3. The molecule has 0 radical (unpaired) electrons. The molecule has 0 saturated carbocycles. The van der Waals surface area contributed by atoms with Crippen molar-refractivity contribution in [2.75, 3.05) is 5.32 Å². The summed E-state index contributed by atoms with van der Waals surface area (Å²) in [4.78, 5) is 24.0. The highest BCUT2D eigenvalue weighted by molar-refractivity contribution is 7.84. The lowest BCUT2D eigenvalue weighted by Gasteiger charge is -2.14. The van der Waals surface area contributed by atoms with Gasteiger partial charge in [0, 0.05) is 18.7 Å². The Kier molecular flexibility index (Phi) is 5.09. The number of nitro benzene ring substituents is 1. The first-order valence-corrected chi connectivity index (χ1v) is 10.0. The molecule has 1 N–H and O–H groups in total. The number of hydrogen-bond donors (Lipinski definition) is 1. The van der Waals surface area contributed by atoms with Crippen LogP contribution in [0.15, 0.2) is 77.7 Å². The highest BCUT2D eigenvalue weighted by Gasteiger charge is 2.38. The first-order valence-electron chi connectivity index (χ1n) is 8.92. The van der Waals surface area contributed by atoms with Gasteiger partial charge >= 0.3 is 0 Å². The summed E-state index contributed by atoms with van der Waals surface area (Å²) in [7, 11) is -1.81. The highest BCUT2D eigenvalue weighted by Crippen LogP contribution is 2.37. The van der Waals surface area contributed by atoms with Crippen LogP contribution in [-0.2, 0) is 24.1 Å². The van der Waals surface area contributed by atoms with Gasteiger partial charge in [0.1, 0.15) is 0 Å². The molecule has 1 unspecified atom stereocenters. The van der Waals surface area contributed by atoms with Gasteiger partial charge in [-0.2, -0.15) is 0 Å². The van der Waals surface area contributed by atoms with Gasteiger partial charge in [-0.1, -0.05) is 60.7 Å². The summed E-state index contributed by atoms with van der Waals surface area (Å²) in [5, 5.41) is 14.5. The molecule has 3 aromatic rings. The Morgan fingerprint density at radius 2 is 1.59 bits per heavy atom. The number of nitro groups is 1. The molecule has 0 bridgehead atoms. The van der Waals surface area contributed by atoms with Crippen molar-refractivity contribution >= 4 is 28.3 Å². The number of benzene rings is 3. The monoisotopic (exact) mass is 407 g/mol. The molecule has 0 fully saturated rings. The normalized spacial score (nSPS) is 15.2. The maximum atomic E-state index is 13.0. The van der Waals surface area contributed by atoms with Crippen LogP contribution in [-0.4, -0.2) is 19.3 Å². The Bertz CT molecular complexity index is 1100. The molecular formula is C21H17N3O4S. The third-order valence-electron chi connectivity index (χ3n) is 4.62. The van der Waals surface area contributed by atoms with Crippen molar-refractivity contribution in [3.05, 3.63) is 99.6 Å². The number of non-ortho nitro benzene ring substituents is 1. The first kappa shape index (κ1) is 18.8. The molecule has 1 heterocycles. The molecule has 3 aromatic carbocycles. The summed E-state index contributed by atoms with van der Waals surface area (Å²) in [5.41, 5.74) is 2.12. The average molecular weight is 407 g/mol. The molecule has 0 aliphatic carbocycles. The van der Waals surface area contributed by atoms with Crippen LogP contribution in [0.4, 0.5) is 11.4 Å². The maximum absolute atomic E-state index is 13.0. The molecule has 1 aliphatic heterocycles. The van der Waals surface area contributed by atoms with Gasteiger partial charge in [-0.3, -0.25) is 14.9 Å². The minimum absolute atomic E-state index is 0.160. The van der Waals surface area contributed by atoms with Crippen LogP contribution in [0.3, 0.4) is 0 Å². The number of anilines is 1. The lowest BCUT2D eigenvalue weighted by molar-refractivity contribution is -0.385. The molecule has 0 aromatic heterocycles. The lowest BCUT2D eigenvalue weighted by atomic mass is 10.1. The third-order valence-corrected chi connectivity index (χ3v) is 6.01. The average Bonchev–Trinajstić information content (AvgIpc) is 2.98. The van der Waals surface area contributed by atoms with E-state index in [0.29, 0.717) is 12.2 Å². The Hall–Kier alpha value is -3.52. The van der Waals surface area contributed by atoms with Crippen LogP contribution in [0, 0.1) is 10.1 Å². The number of carbonyl (C=O) groups excluding carboxylic acids is 1. The Labute approximate surface area is 169 Å². The third kappa shape index (κ3) is 3.74. The van der Waals surface area contributed by atoms with E-state index in [1.165, 1.54) is 16.4 Å². The second-order valence-corrected chi connectivity index (χ2v) is 7.92. The number of nitrogens with one attached hydrogen (secondary N) is 1. The lowest BCUT2D eigenvalue weighted by Crippen LogP contribution is -2.25. The van der Waals surface area contributed by atoms with Crippen LogP contribution in [0.5, 0.6) is 0 Å². The Balaban J connectivity index is 1.69. The molecule has 0 spiro atoms. The number of hydrogen-bond acceptors (Lipinski definition) is 5. The molecule has 146 valence electrons. The van der Waals surface area contributed by atoms with Gasteiger partial charge in [-0.05, 0) is 11.1 Å². The zero-order chi connectivity index (χ0) is 20.4. The van der Waals surface area contributed by atoms with Crippen molar-refractivity contribution in [3.8, 4) is 0 Å². The van der Waals surface area contributed by atoms with E-state index in [0.717, 1.165) is 11.1 Å². The standard InChI is InChI=1S/C21H17N3O4S/c25-21-20-18(22-13-15-7-3-1-4-8-15)11-17(24(26)27)12-19(20)29(28)23(21)14-16-9-5-2-6-10-16/h1-12,22H,13-14H2. The van der Waals surface area contributed by atoms with Crippen molar-refractivity contribution in [2.24, 2.45) is 0 Å². The predicted octanol–water partition coefficient (Wildman–Crippen LogP) is 3.89. The fraction of sp³-hybridized carbons (Fsp3) is 0.0952. The maximum Gasteiger partial charge on any atom is 0.272 e. The van der Waals surface area contributed by atoms with E-state index in [9.17, 15) is 19.1 Å². The Morgan fingerprint density at radius 3 is 2.21 bits per heavy atom. The van der Waals surface area contributed by atoms with Gasteiger partial charge in [-0.15, -0.1) is 0 Å². The van der Waals surface area contributed by atoms with Gasteiger partial charge < -0.3 is 5.32 Å². The second-order valence-electron chi connectivity index (χ2n) is 6.54. The molecule has 1 amide bonds. The number of amides is 1. The fourth-order valence-electron chi connectivity index (χ4n) is 3.20. The molecule has 0 saturated heterocycles. The van der Waals surface area contributed by atoms with Crippen LogP contribution in [0.2, 0.25) is 0 Å². The van der Waals surface area contributed by atoms with Gasteiger partial charge in [0.25, 0.3) is 11.6 Å². The van der Waals surface area contributed by atoms with E-state index in [1.807, 2.05) is 60.7 Å². The molecule has 7 nitrogen and oxygen atoms in total. The zero-order valence-corrected chi connectivity index (χ0v) is 16.1. The van der Waals surface area contributed by atoms with Gasteiger partial charge in [0.15, 0.2) is 11.0 Å². The molecule has 4 rings (SSSR count). The molecular weight excluding hydrogens is 390 g/mol. The number of carbonyl (C=O) groups is 1. The van der Waals surface area contributed by atoms with Gasteiger partial charge in [-0.25, -0.2) is 8.51 Å². The smallest absolute Gasteiger partial charge is 0.272 e. The second kappa shape index (κ2) is 7.84. The van der Waals surface area contributed by atoms with E-state index in [-0.39, 0.29) is 22.7 Å². The summed E-state index contributed by atoms with van der Waals surface area (Å²) in [6, 6.07) is 21.2. The first-order chi connectivity index (χ1) is 14.0. The van der Waals surface area contributed by atoms with Crippen molar-refractivity contribution in [3.63, 3.8) is 0 Å². The largest absolute Gasteiger partial charge is 0.380 e. The molecule has 8 heteroatoms. The number of rotatable bonds is 6. The van der Waals surface area contributed by atoms with Crippen molar-refractivity contribution < 1.29 is 13.9 Å². The van der Waals surface area contributed by atoms with E-state index in [2.05, 4.69) is 5.32 Å². The van der Waals surface area contributed by atoms with Crippen molar-refractivity contribution in [1.29, 1.82) is 0 Å².